The highest BCUT2D eigenvalue weighted by Gasteiger charge is 2.10. The van der Waals surface area contributed by atoms with Crippen molar-refractivity contribution in [1.29, 1.82) is 0 Å². The maximum absolute atomic E-state index is 13.5. The first-order valence-corrected chi connectivity index (χ1v) is 8.08. The van der Waals surface area contributed by atoms with E-state index in [1.54, 1.807) is 35.8 Å². The zero-order valence-corrected chi connectivity index (χ0v) is 13.6. The summed E-state index contributed by atoms with van der Waals surface area (Å²) in [5.74, 6) is -1.38. The first-order chi connectivity index (χ1) is 12.0. The average molecular weight is 356 g/mol. The fraction of sp³-hybridized carbons (Fsp3) is 0. The van der Waals surface area contributed by atoms with Crippen LogP contribution in [-0.4, -0.2) is 21.8 Å². The minimum absolute atomic E-state index is 0.279. The molecule has 3 aromatic rings. The van der Waals surface area contributed by atoms with Crippen molar-refractivity contribution in [3.63, 3.8) is 0 Å². The number of halogens is 1. The number of thiazole rings is 1. The molecular formula is C17H13FN4O2S. The molecule has 0 aliphatic carbocycles. The van der Waals surface area contributed by atoms with Gasteiger partial charge in [-0.3, -0.25) is 14.9 Å². The molecule has 0 unspecified atom stereocenters. The van der Waals surface area contributed by atoms with Gasteiger partial charge >= 0.3 is 0 Å². The molecule has 25 heavy (non-hydrogen) atoms. The molecule has 0 aliphatic heterocycles. The number of rotatable bonds is 5. The molecule has 2 aromatic heterocycles. The van der Waals surface area contributed by atoms with E-state index >= 15 is 0 Å². The van der Waals surface area contributed by atoms with Crippen LogP contribution in [0.25, 0.3) is 17.3 Å². The van der Waals surface area contributed by atoms with Crippen LogP contribution >= 0.6 is 11.3 Å². The van der Waals surface area contributed by atoms with Gasteiger partial charge in [-0.2, -0.15) is 0 Å². The van der Waals surface area contributed by atoms with Crippen molar-refractivity contribution in [3.05, 3.63) is 65.1 Å². The van der Waals surface area contributed by atoms with E-state index in [9.17, 15) is 14.0 Å². The molecule has 3 rings (SSSR count). The maximum atomic E-state index is 13.5. The number of hydrogen-bond donors (Lipinski definition) is 3. The van der Waals surface area contributed by atoms with E-state index in [0.29, 0.717) is 22.0 Å². The molecule has 8 heteroatoms. The third-order valence-corrected chi connectivity index (χ3v) is 4.06. The first kappa shape index (κ1) is 16.6. The molecule has 0 saturated heterocycles. The molecule has 0 atom stereocenters. The van der Waals surface area contributed by atoms with Crippen LogP contribution in [0.4, 0.5) is 9.52 Å². The summed E-state index contributed by atoms with van der Waals surface area (Å²) in [5.41, 5.74) is 7.08. The number of nitrogens with zero attached hydrogens (tertiary/aromatic N) is 1. The molecule has 1 aromatic carbocycles. The van der Waals surface area contributed by atoms with Crippen molar-refractivity contribution >= 4 is 34.4 Å². The van der Waals surface area contributed by atoms with Crippen molar-refractivity contribution in [2.45, 2.75) is 0 Å². The highest BCUT2D eigenvalue weighted by Crippen LogP contribution is 2.25. The predicted molar refractivity (Wildman–Crippen MR) is 94.5 cm³/mol. The number of nitrogens with one attached hydrogen (secondary N) is 2. The Labute approximate surface area is 146 Å². The van der Waals surface area contributed by atoms with Crippen LogP contribution in [0.5, 0.6) is 0 Å². The second-order valence-electron chi connectivity index (χ2n) is 5.05. The van der Waals surface area contributed by atoms with Crippen molar-refractivity contribution in [2.75, 3.05) is 5.32 Å². The molecule has 0 fully saturated rings. The third kappa shape index (κ3) is 3.99. The lowest BCUT2D eigenvalue weighted by molar-refractivity contribution is -0.111. The van der Waals surface area contributed by atoms with Gasteiger partial charge in [0.25, 0.3) is 5.91 Å². The van der Waals surface area contributed by atoms with E-state index < -0.39 is 17.6 Å². The summed E-state index contributed by atoms with van der Waals surface area (Å²) < 4.78 is 13.5. The number of hydrogen-bond acceptors (Lipinski definition) is 4. The van der Waals surface area contributed by atoms with E-state index in [1.807, 2.05) is 0 Å². The van der Waals surface area contributed by atoms with E-state index in [0.717, 1.165) is 0 Å². The van der Waals surface area contributed by atoms with Crippen LogP contribution in [-0.2, 0) is 4.79 Å². The lowest BCUT2D eigenvalue weighted by Gasteiger charge is -1.97. The topological polar surface area (TPSA) is 101 Å². The van der Waals surface area contributed by atoms with Crippen LogP contribution in [0.3, 0.4) is 0 Å². The zero-order valence-electron chi connectivity index (χ0n) is 12.8. The average Bonchev–Trinajstić information content (AvgIpc) is 3.23. The molecule has 0 bridgehead atoms. The van der Waals surface area contributed by atoms with E-state index in [4.69, 9.17) is 5.73 Å². The van der Waals surface area contributed by atoms with Crippen molar-refractivity contribution in [3.8, 4) is 11.3 Å². The SMILES string of the molecule is NC(=O)c1cc(-c2csc(NC(=O)/C=C/c3ccccc3F)n2)c[nH]1. The van der Waals surface area contributed by atoms with E-state index in [-0.39, 0.29) is 5.69 Å². The first-order valence-electron chi connectivity index (χ1n) is 7.20. The van der Waals surface area contributed by atoms with Gasteiger partial charge in [-0.1, -0.05) is 18.2 Å². The monoisotopic (exact) mass is 356 g/mol. The second kappa shape index (κ2) is 7.10. The Morgan fingerprint density at radius 3 is 2.84 bits per heavy atom. The van der Waals surface area contributed by atoms with Crippen molar-refractivity contribution < 1.29 is 14.0 Å². The number of aromatic amines is 1. The Balaban J connectivity index is 1.67. The largest absolute Gasteiger partial charge is 0.364 e. The standard InChI is InChI=1S/C17H13FN4O2S/c18-12-4-2-1-3-10(12)5-6-15(23)22-17-21-14(9-25-17)11-7-13(16(19)24)20-8-11/h1-9,20H,(H2,19,24)(H,21,22,23)/b6-5+. The molecular weight excluding hydrogens is 343 g/mol. The van der Waals surface area contributed by atoms with Gasteiger partial charge < -0.3 is 10.7 Å². The van der Waals surface area contributed by atoms with E-state index in [2.05, 4.69) is 15.3 Å². The van der Waals surface area contributed by atoms with Gasteiger partial charge in [0.15, 0.2) is 5.13 Å². The summed E-state index contributed by atoms with van der Waals surface area (Å²) in [6.45, 7) is 0. The summed E-state index contributed by atoms with van der Waals surface area (Å²) in [6.07, 6.45) is 4.24. The van der Waals surface area contributed by atoms with Crippen LogP contribution in [0.1, 0.15) is 16.1 Å². The van der Waals surface area contributed by atoms with Crippen molar-refractivity contribution in [2.24, 2.45) is 5.73 Å². The lowest BCUT2D eigenvalue weighted by Crippen LogP contribution is -2.10. The Kier molecular flexibility index (Phi) is 4.71. The molecule has 0 saturated carbocycles. The molecule has 0 spiro atoms. The minimum Gasteiger partial charge on any atom is -0.364 e. The van der Waals surface area contributed by atoms with Gasteiger partial charge in [-0.15, -0.1) is 11.3 Å². The molecule has 2 amide bonds. The normalized spacial score (nSPS) is 10.9. The molecule has 0 radical (unpaired) electrons. The number of H-pyrrole nitrogens is 1. The lowest BCUT2D eigenvalue weighted by atomic mass is 10.2. The summed E-state index contributed by atoms with van der Waals surface area (Å²) in [4.78, 5) is 30.0. The van der Waals surface area contributed by atoms with Gasteiger partial charge in [-0.05, 0) is 18.2 Å². The minimum atomic E-state index is -0.562. The predicted octanol–water partition coefficient (Wildman–Crippen LogP) is 3.03. The number of benzene rings is 1. The summed E-state index contributed by atoms with van der Waals surface area (Å²) >= 11 is 1.23. The second-order valence-corrected chi connectivity index (χ2v) is 5.91. The molecule has 126 valence electrons. The molecule has 4 N–H and O–H groups in total. The van der Waals surface area contributed by atoms with Gasteiger partial charge in [0.1, 0.15) is 11.5 Å². The smallest absolute Gasteiger partial charge is 0.265 e. The number of primary amides is 1. The Hall–Kier alpha value is -3.26. The van der Waals surface area contributed by atoms with Gasteiger partial charge in [0.05, 0.1) is 5.69 Å². The quantitative estimate of drug-likeness (QED) is 0.613. The fourth-order valence-electron chi connectivity index (χ4n) is 2.07. The van der Waals surface area contributed by atoms with Gasteiger partial charge in [-0.25, -0.2) is 9.37 Å². The number of anilines is 1. The fourth-order valence-corrected chi connectivity index (χ4v) is 2.79. The van der Waals surface area contributed by atoms with Crippen LogP contribution in [0.15, 0.2) is 48.0 Å². The van der Waals surface area contributed by atoms with Gasteiger partial charge in [0.2, 0.25) is 5.91 Å². The van der Waals surface area contributed by atoms with Crippen LogP contribution in [0.2, 0.25) is 0 Å². The van der Waals surface area contributed by atoms with Crippen LogP contribution < -0.4 is 11.1 Å². The Morgan fingerprint density at radius 2 is 2.12 bits per heavy atom. The number of nitrogens with two attached hydrogens (primary N) is 1. The summed E-state index contributed by atoms with van der Waals surface area (Å²) in [7, 11) is 0. The number of carbonyl (C=O) groups excluding carboxylic acids is 2. The molecule has 0 aliphatic rings. The highest BCUT2D eigenvalue weighted by molar-refractivity contribution is 7.14. The number of amides is 2. The summed E-state index contributed by atoms with van der Waals surface area (Å²) in [6, 6.07) is 7.74. The molecule has 6 nitrogen and oxygen atoms in total. The Morgan fingerprint density at radius 1 is 1.32 bits per heavy atom. The number of aromatic nitrogens is 2. The van der Waals surface area contributed by atoms with Crippen LogP contribution in [0, 0.1) is 5.82 Å². The van der Waals surface area contributed by atoms with Gasteiger partial charge in [0, 0.05) is 28.8 Å². The third-order valence-electron chi connectivity index (χ3n) is 3.30. The van der Waals surface area contributed by atoms with E-state index in [1.165, 1.54) is 29.6 Å². The maximum Gasteiger partial charge on any atom is 0.265 e. The summed E-state index contributed by atoms with van der Waals surface area (Å²) in [5, 5.41) is 4.74. The Bertz CT molecular complexity index is 961. The highest BCUT2D eigenvalue weighted by atomic mass is 32.1. The van der Waals surface area contributed by atoms with Crippen molar-refractivity contribution in [1.82, 2.24) is 9.97 Å². The zero-order chi connectivity index (χ0) is 17.8. The number of carbonyl (C=O) groups is 2. The molecule has 2 heterocycles.